The van der Waals surface area contributed by atoms with Crippen LogP contribution < -0.4 is 5.73 Å². The summed E-state index contributed by atoms with van der Waals surface area (Å²) in [6.45, 7) is 10.6. The van der Waals surface area contributed by atoms with Crippen molar-refractivity contribution in [2.24, 2.45) is 17.6 Å². The molecule has 2 atom stereocenters. The number of aromatic nitrogens is 3. The molecular weight excluding hydrogens is 226 g/mol. The molecule has 0 bridgehead atoms. The lowest BCUT2D eigenvalue weighted by molar-refractivity contribution is 0.291. The van der Waals surface area contributed by atoms with E-state index in [1.165, 1.54) is 6.42 Å². The third-order valence-corrected chi connectivity index (χ3v) is 3.65. The SMILES string of the molecule is CC(C)Cn1ncnc1CN1CCC(C(C)N)C1. The predicted octanol–water partition coefficient (Wildman–Crippen LogP) is 1.10. The molecule has 5 nitrogen and oxygen atoms in total. The van der Waals surface area contributed by atoms with Crippen molar-refractivity contribution in [3.8, 4) is 0 Å². The third kappa shape index (κ3) is 3.29. The minimum atomic E-state index is 0.295. The molecule has 2 N–H and O–H groups in total. The number of nitrogens with two attached hydrogens (primary N) is 1. The Morgan fingerprint density at radius 3 is 2.83 bits per heavy atom. The van der Waals surface area contributed by atoms with Gasteiger partial charge in [0.05, 0.1) is 6.54 Å². The zero-order chi connectivity index (χ0) is 13.1. The summed E-state index contributed by atoms with van der Waals surface area (Å²) in [7, 11) is 0. The van der Waals surface area contributed by atoms with Crippen molar-refractivity contribution >= 4 is 0 Å². The monoisotopic (exact) mass is 251 g/mol. The average Bonchev–Trinajstić information content (AvgIpc) is 2.89. The first-order valence-electron chi connectivity index (χ1n) is 6.91. The van der Waals surface area contributed by atoms with Gasteiger partial charge in [-0.25, -0.2) is 9.67 Å². The smallest absolute Gasteiger partial charge is 0.141 e. The van der Waals surface area contributed by atoms with Crippen molar-refractivity contribution in [1.29, 1.82) is 0 Å². The van der Waals surface area contributed by atoms with E-state index in [0.29, 0.717) is 17.9 Å². The highest BCUT2D eigenvalue weighted by Gasteiger charge is 2.26. The van der Waals surface area contributed by atoms with Crippen LogP contribution in [0.2, 0.25) is 0 Å². The summed E-state index contributed by atoms with van der Waals surface area (Å²) in [5, 5.41) is 4.31. The van der Waals surface area contributed by atoms with Gasteiger partial charge in [-0.15, -0.1) is 0 Å². The summed E-state index contributed by atoms with van der Waals surface area (Å²) in [5.74, 6) is 2.31. The molecule has 0 aromatic carbocycles. The molecule has 1 aromatic rings. The summed E-state index contributed by atoms with van der Waals surface area (Å²) < 4.78 is 2.03. The van der Waals surface area contributed by atoms with E-state index < -0.39 is 0 Å². The largest absolute Gasteiger partial charge is 0.328 e. The fourth-order valence-corrected chi connectivity index (χ4v) is 2.54. The lowest BCUT2D eigenvalue weighted by atomic mass is 10.0. The molecular formula is C13H25N5. The minimum Gasteiger partial charge on any atom is -0.328 e. The third-order valence-electron chi connectivity index (χ3n) is 3.65. The number of likely N-dealkylation sites (tertiary alicyclic amines) is 1. The Morgan fingerprint density at radius 2 is 2.22 bits per heavy atom. The van der Waals surface area contributed by atoms with E-state index in [9.17, 15) is 0 Å². The van der Waals surface area contributed by atoms with E-state index in [0.717, 1.165) is 32.0 Å². The lowest BCUT2D eigenvalue weighted by Crippen LogP contribution is -2.30. The molecule has 1 aliphatic heterocycles. The molecule has 0 radical (unpaired) electrons. The highest BCUT2D eigenvalue weighted by atomic mass is 15.3. The van der Waals surface area contributed by atoms with Crippen LogP contribution >= 0.6 is 0 Å². The van der Waals surface area contributed by atoms with Crippen LogP contribution in [-0.2, 0) is 13.1 Å². The number of rotatable bonds is 5. The Hall–Kier alpha value is -0.940. The van der Waals surface area contributed by atoms with Gasteiger partial charge < -0.3 is 5.73 Å². The van der Waals surface area contributed by atoms with Crippen molar-refractivity contribution in [2.75, 3.05) is 13.1 Å². The van der Waals surface area contributed by atoms with Crippen LogP contribution in [0.25, 0.3) is 0 Å². The van der Waals surface area contributed by atoms with Crippen molar-refractivity contribution in [1.82, 2.24) is 19.7 Å². The van der Waals surface area contributed by atoms with Crippen molar-refractivity contribution in [3.05, 3.63) is 12.2 Å². The van der Waals surface area contributed by atoms with Crippen LogP contribution in [0.15, 0.2) is 6.33 Å². The van der Waals surface area contributed by atoms with E-state index in [1.807, 2.05) is 4.68 Å². The van der Waals surface area contributed by atoms with Crippen LogP contribution in [0.3, 0.4) is 0 Å². The second-order valence-electron chi connectivity index (χ2n) is 5.90. The highest BCUT2D eigenvalue weighted by molar-refractivity contribution is 4.89. The first kappa shape index (κ1) is 13.5. The first-order valence-corrected chi connectivity index (χ1v) is 6.91. The van der Waals surface area contributed by atoms with Crippen LogP contribution in [0.5, 0.6) is 0 Å². The first-order chi connectivity index (χ1) is 8.56. The van der Waals surface area contributed by atoms with Gasteiger partial charge in [-0.2, -0.15) is 5.10 Å². The van der Waals surface area contributed by atoms with E-state index in [1.54, 1.807) is 6.33 Å². The summed E-state index contributed by atoms with van der Waals surface area (Å²) in [4.78, 5) is 6.82. The van der Waals surface area contributed by atoms with E-state index in [2.05, 4.69) is 35.8 Å². The molecule has 1 aromatic heterocycles. The predicted molar refractivity (Wildman–Crippen MR) is 71.9 cm³/mol. The zero-order valence-corrected chi connectivity index (χ0v) is 11.7. The van der Waals surface area contributed by atoms with Gasteiger partial charge in [0, 0.05) is 19.1 Å². The van der Waals surface area contributed by atoms with Crippen LogP contribution in [0.4, 0.5) is 0 Å². The molecule has 102 valence electrons. The Kier molecular flexibility index (Phi) is 4.35. The van der Waals surface area contributed by atoms with Gasteiger partial charge in [-0.1, -0.05) is 13.8 Å². The number of hydrogen-bond acceptors (Lipinski definition) is 4. The Balaban J connectivity index is 1.92. The Morgan fingerprint density at radius 1 is 1.44 bits per heavy atom. The standard InChI is InChI=1S/C13H25N5/c1-10(2)6-18-13(15-9-16-18)8-17-5-4-12(7-17)11(3)14/h9-12H,4-8,14H2,1-3H3. The second-order valence-corrected chi connectivity index (χ2v) is 5.90. The summed E-state index contributed by atoms with van der Waals surface area (Å²) in [6, 6.07) is 0.295. The van der Waals surface area contributed by atoms with Gasteiger partial charge in [0.2, 0.25) is 0 Å². The van der Waals surface area contributed by atoms with Crippen LogP contribution in [-0.4, -0.2) is 38.8 Å². The quantitative estimate of drug-likeness (QED) is 0.851. The summed E-state index contributed by atoms with van der Waals surface area (Å²) in [5.41, 5.74) is 5.97. The Labute approximate surface area is 109 Å². The van der Waals surface area contributed by atoms with Crippen molar-refractivity contribution in [3.63, 3.8) is 0 Å². The maximum absolute atomic E-state index is 5.97. The zero-order valence-electron chi connectivity index (χ0n) is 11.7. The van der Waals surface area contributed by atoms with E-state index in [-0.39, 0.29) is 0 Å². The molecule has 0 amide bonds. The second kappa shape index (κ2) is 5.80. The molecule has 0 aliphatic carbocycles. The van der Waals surface area contributed by atoms with Gasteiger partial charge in [0.15, 0.2) is 0 Å². The molecule has 0 saturated carbocycles. The van der Waals surface area contributed by atoms with Gasteiger partial charge in [-0.3, -0.25) is 4.90 Å². The normalized spacial score (nSPS) is 22.8. The molecule has 18 heavy (non-hydrogen) atoms. The molecule has 2 unspecified atom stereocenters. The fraction of sp³-hybridized carbons (Fsp3) is 0.846. The Bertz CT molecular complexity index is 371. The van der Waals surface area contributed by atoms with Gasteiger partial charge >= 0.3 is 0 Å². The van der Waals surface area contributed by atoms with Crippen molar-refractivity contribution < 1.29 is 0 Å². The number of hydrogen-bond donors (Lipinski definition) is 1. The maximum atomic E-state index is 5.97. The van der Waals surface area contributed by atoms with Gasteiger partial charge in [-0.05, 0) is 31.7 Å². The average molecular weight is 251 g/mol. The van der Waals surface area contributed by atoms with Gasteiger partial charge in [0.25, 0.3) is 0 Å². The van der Waals surface area contributed by atoms with E-state index >= 15 is 0 Å². The molecule has 2 heterocycles. The highest BCUT2D eigenvalue weighted by Crippen LogP contribution is 2.20. The molecule has 2 rings (SSSR count). The van der Waals surface area contributed by atoms with Crippen LogP contribution in [0.1, 0.15) is 33.0 Å². The topological polar surface area (TPSA) is 60.0 Å². The van der Waals surface area contributed by atoms with Gasteiger partial charge in [0.1, 0.15) is 12.2 Å². The molecule has 5 heteroatoms. The summed E-state index contributed by atoms with van der Waals surface area (Å²) >= 11 is 0. The summed E-state index contributed by atoms with van der Waals surface area (Å²) in [6.07, 6.45) is 2.87. The molecule has 1 fully saturated rings. The minimum absolute atomic E-state index is 0.295. The molecule has 1 aliphatic rings. The van der Waals surface area contributed by atoms with E-state index in [4.69, 9.17) is 5.73 Å². The maximum Gasteiger partial charge on any atom is 0.141 e. The lowest BCUT2D eigenvalue weighted by Gasteiger charge is -2.18. The van der Waals surface area contributed by atoms with Crippen LogP contribution in [0, 0.1) is 11.8 Å². The number of nitrogens with zero attached hydrogens (tertiary/aromatic N) is 4. The molecule has 1 saturated heterocycles. The van der Waals surface area contributed by atoms with Crippen molar-refractivity contribution in [2.45, 2.75) is 46.3 Å². The fourth-order valence-electron chi connectivity index (χ4n) is 2.54. The molecule has 0 spiro atoms.